The first-order valence-electron chi connectivity index (χ1n) is 7.74. The molecule has 2 rings (SSSR count). The van der Waals surface area contributed by atoms with Crippen LogP contribution < -0.4 is 10.1 Å². The number of nitrogens with one attached hydrogen (secondary N) is 1. The van der Waals surface area contributed by atoms with E-state index in [1.165, 1.54) is 7.05 Å². The molecule has 1 aromatic carbocycles. The van der Waals surface area contributed by atoms with Gasteiger partial charge in [-0.15, -0.1) is 4.36 Å². The molecule has 0 saturated heterocycles. The minimum Gasteiger partial charge on any atom is -0.495 e. The highest BCUT2D eigenvalue weighted by atomic mass is 32.2. The molecule has 0 radical (unpaired) electrons. The molecule has 0 bridgehead atoms. The van der Waals surface area contributed by atoms with Crippen LogP contribution in [0.5, 0.6) is 5.75 Å². The summed E-state index contributed by atoms with van der Waals surface area (Å²) in [5, 5.41) is 12.2. The lowest BCUT2D eigenvalue weighted by molar-refractivity contribution is -0.169. The summed E-state index contributed by atoms with van der Waals surface area (Å²) in [7, 11) is -2.57. The zero-order valence-electron chi connectivity index (χ0n) is 15.7. The number of methoxy groups -OCH3 is 1. The van der Waals surface area contributed by atoms with Crippen molar-refractivity contribution in [1.29, 1.82) is 0 Å². The molecule has 0 aliphatic carbocycles. The number of carbonyl (C=O) groups is 2. The van der Waals surface area contributed by atoms with Crippen molar-refractivity contribution in [3.8, 4) is 5.75 Å². The van der Waals surface area contributed by atoms with Gasteiger partial charge < -0.3 is 4.74 Å². The number of rotatable bonds is 4. The average Bonchev–Trinajstić information content (AvgIpc) is 3.03. The zero-order chi connectivity index (χ0) is 23.8. The standard InChI is InChI=1S/C14H12F6N6O4S/c1-26-12(22-24-25-26)21-10(27)6-4-5-7(13(15,16)17)9(8(6)30-2)31(3,29)23-11(28)14(18,19)20/h4-5H,1-3H3,(H,21,22,25,27). The molecule has 0 fully saturated rings. The maximum absolute atomic E-state index is 13.5. The van der Waals surface area contributed by atoms with Crippen LogP contribution in [0.4, 0.5) is 32.3 Å². The number of amides is 2. The summed E-state index contributed by atoms with van der Waals surface area (Å²) in [6.07, 6.45) is -10.4. The molecule has 1 aromatic heterocycles. The number of halogens is 6. The monoisotopic (exact) mass is 474 g/mol. The van der Waals surface area contributed by atoms with Crippen LogP contribution in [0.3, 0.4) is 0 Å². The van der Waals surface area contributed by atoms with Gasteiger partial charge in [0.15, 0.2) is 0 Å². The van der Waals surface area contributed by atoms with Gasteiger partial charge in [-0.1, -0.05) is 5.10 Å². The van der Waals surface area contributed by atoms with E-state index < -0.39 is 55.7 Å². The highest BCUT2D eigenvalue weighted by molar-refractivity contribution is 7.93. The summed E-state index contributed by atoms with van der Waals surface area (Å²) >= 11 is 0. The van der Waals surface area contributed by atoms with E-state index in [1.54, 1.807) is 0 Å². The van der Waals surface area contributed by atoms with Crippen molar-refractivity contribution >= 4 is 27.5 Å². The first kappa shape index (κ1) is 24.0. The summed E-state index contributed by atoms with van der Waals surface area (Å²) in [4.78, 5) is 22.3. The number of tetrazole rings is 1. The second-order valence-electron chi connectivity index (χ2n) is 5.80. The fourth-order valence-corrected chi connectivity index (χ4v) is 3.94. The number of alkyl halides is 6. The molecule has 31 heavy (non-hydrogen) atoms. The Morgan fingerprint density at radius 3 is 2.26 bits per heavy atom. The Labute approximate surface area is 169 Å². The maximum Gasteiger partial charge on any atom is 0.474 e. The van der Waals surface area contributed by atoms with E-state index in [4.69, 9.17) is 4.74 Å². The van der Waals surface area contributed by atoms with Crippen LogP contribution in [-0.2, 0) is 27.7 Å². The first-order chi connectivity index (χ1) is 14.1. The van der Waals surface area contributed by atoms with Crippen molar-refractivity contribution < 1.29 is 44.9 Å². The molecule has 0 aliphatic heterocycles. The van der Waals surface area contributed by atoms with Crippen LogP contribution in [-0.4, -0.2) is 55.8 Å². The molecule has 1 unspecified atom stereocenters. The van der Waals surface area contributed by atoms with Crippen LogP contribution in [0.2, 0.25) is 0 Å². The minimum absolute atomic E-state index is 0.234. The fraction of sp³-hybridized carbons (Fsp3) is 0.357. The van der Waals surface area contributed by atoms with Gasteiger partial charge in [0, 0.05) is 13.3 Å². The minimum atomic E-state index is -5.59. The Morgan fingerprint density at radius 2 is 1.81 bits per heavy atom. The van der Waals surface area contributed by atoms with E-state index in [9.17, 15) is 40.1 Å². The SMILES string of the molecule is COc1c(C(=O)Nc2nnnn2C)ccc(C(F)(F)F)c1S(C)(=O)=NC(=O)C(F)(F)F. The van der Waals surface area contributed by atoms with Gasteiger partial charge in [0.05, 0.1) is 28.0 Å². The number of carbonyl (C=O) groups excluding carboxylic acids is 2. The van der Waals surface area contributed by atoms with Gasteiger partial charge in [0.2, 0.25) is 5.95 Å². The number of nitrogens with zero attached hydrogens (tertiary/aromatic N) is 5. The molecule has 0 saturated carbocycles. The van der Waals surface area contributed by atoms with Crippen molar-refractivity contribution in [3.63, 3.8) is 0 Å². The number of ether oxygens (including phenoxy) is 1. The summed E-state index contributed by atoms with van der Waals surface area (Å²) in [6, 6.07) is 0.948. The quantitative estimate of drug-likeness (QED) is 0.672. The molecule has 2 amide bonds. The molecule has 0 aliphatic rings. The summed E-state index contributed by atoms with van der Waals surface area (Å²) in [6.45, 7) is 0. The molecule has 0 spiro atoms. The highest BCUT2D eigenvalue weighted by Gasteiger charge is 2.43. The van der Waals surface area contributed by atoms with Crippen molar-refractivity contribution in [2.75, 3.05) is 18.7 Å². The van der Waals surface area contributed by atoms with Gasteiger partial charge in [-0.2, -0.15) is 26.3 Å². The van der Waals surface area contributed by atoms with Crippen LogP contribution in [0.25, 0.3) is 0 Å². The third kappa shape index (κ3) is 5.09. The van der Waals surface area contributed by atoms with E-state index in [-0.39, 0.29) is 5.95 Å². The van der Waals surface area contributed by atoms with E-state index in [0.29, 0.717) is 18.4 Å². The van der Waals surface area contributed by atoms with E-state index in [2.05, 4.69) is 25.2 Å². The van der Waals surface area contributed by atoms with Gasteiger partial charge >= 0.3 is 18.3 Å². The van der Waals surface area contributed by atoms with Crippen molar-refractivity contribution in [1.82, 2.24) is 20.2 Å². The Hall–Kier alpha value is -3.24. The molecule has 1 heterocycles. The topological polar surface area (TPSA) is 128 Å². The number of hydrogen-bond donors (Lipinski definition) is 1. The smallest absolute Gasteiger partial charge is 0.474 e. The molecule has 1 N–H and O–H groups in total. The van der Waals surface area contributed by atoms with Crippen molar-refractivity contribution in [2.45, 2.75) is 17.2 Å². The highest BCUT2D eigenvalue weighted by Crippen LogP contribution is 2.41. The van der Waals surface area contributed by atoms with Crippen LogP contribution in [0, 0.1) is 0 Å². The second-order valence-corrected chi connectivity index (χ2v) is 7.99. The summed E-state index contributed by atoms with van der Waals surface area (Å²) in [5.74, 6) is -5.23. The molecular formula is C14H12F6N6O4S. The molecular weight excluding hydrogens is 462 g/mol. The lowest BCUT2D eigenvalue weighted by Gasteiger charge is -2.19. The lowest BCUT2D eigenvalue weighted by atomic mass is 10.1. The Balaban J connectivity index is 2.78. The van der Waals surface area contributed by atoms with Gasteiger partial charge in [-0.3, -0.25) is 14.9 Å². The van der Waals surface area contributed by atoms with Crippen LogP contribution >= 0.6 is 0 Å². The molecule has 17 heteroatoms. The van der Waals surface area contributed by atoms with E-state index >= 15 is 0 Å². The molecule has 1 atom stereocenters. The second kappa shape index (κ2) is 8.12. The van der Waals surface area contributed by atoms with Gasteiger partial charge in [-0.25, -0.2) is 8.89 Å². The maximum atomic E-state index is 13.5. The van der Waals surface area contributed by atoms with Crippen LogP contribution in [0.15, 0.2) is 21.4 Å². The third-order valence-corrected chi connectivity index (χ3v) is 5.27. The Morgan fingerprint density at radius 1 is 1.19 bits per heavy atom. The predicted molar refractivity (Wildman–Crippen MR) is 90.6 cm³/mol. The first-order valence-corrected chi connectivity index (χ1v) is 9.67. The molecule has 170 valence electrons. The van der Waals surface area contributed by atoms with Crippen molar-refractivity contribution in [3.05, 3.63) is 23.3 Å². The number of benzene rings is 1. The normalized spacial score (nSPS) is 14.0. The lowest BCUT2D eigenvalue weighted by Crippen LogP contribution is -2.24. The Bertz CT molecular complexity index is 1150. The Kier molecular flexibility index (Phi) is 6.30. The average molecular weight is 474 g/mol. The van der Waals surface area contributed by atoms with Crippen molar-refractivity contribution in [2.24, 2.45) is 11.4 Å². The molecule has 2 aromatic rings. The number of hydrogen-bond acceptors (Lipinski definition) is 7. The van der Waals surface area contributed by atoms with E-state index in [1.807, 2.05) is 0 Å². The summed E-state index contributed by atoms with van der Waals surface area (Å²) in [5.41, 5.74) is -2.36. The van der Waals surface area contributed by atoms with Gasteiger partial charge in [0.1, 0.15) is 10.6 Å². The van der Waals surface area contributed by atoms with Crippen LogP contribution in [0.1, 0.15) is 15.9 Å². The fourth-order valence-electron chi connectivity index (χ4n) is 2.30. The largest absolute Gasteiger partial charge is 0.495 e. The number of aryl methyl sites for hydroxylation is 1. The number of anilines is 1. The predicted octanol–water partition coefficient (Wildman–Crippen LogP) is 2.04. The van der Waals surface area contributed by atoms with Gasteiger partial charge in [0.25, 0.3) is 5.91 Å². The third-order valence-electron chi connectivity index (χ3n) is 3.59. The summed E-state index contributed by atoms with van der Waals surface area (Å²) < 4.78 is 99.2. The zero-order valence-corrected chi connectivity index (χ0v) is 16.5. The molecule has 10 nitrogen and oxygen atoms in total. The number of aromatic nitrogens is 4. The van der Waals surface area contributed by atoms with Gasteiger partial charge in [-0.05, 0) is 22.6 Å². The van der Waals surface area contributed by atoms with E-state index in [0.717, 1.165) is 11.8 Å².